The summed E-state index contributed by atoms with van der Waals surface area (Å²) in [5.41, 5.74) is 0. The van der Waals surface area contributed by atoms with Crippen LogP contribution in [-0.2, 0) is 66.4 Å². The van der Waals surface area contributed by atoms with Crippen LogP contribution in [-0.4, -0.2) is 328 Å². The molecule has 22 saturated heterocycles. The first-order valence-corrected chi connectivity index (χ1v) is 23.6. The van der Waals surface area contributed by atoms with E-state index < -0.39 is 242 Å². The van der Waals surface area contributed by atoms with E-state index >= 15 is 0 Å². The van der Waals surface area contributed by atoms with Crippen molar-refractivity contribution in [3.8, 4) is 0 Å². The van der Waals surface area contributed by atoms with Gasteiger partial charge in [0, 0.05) is 6.42 Å². The number of hydrogen-bond acceptors (Lipinski definition) is 32. The summed E-state index contributed by atoms with van der Waals surface area (Å²) >= 11 is 0. The minimum absolute atomic E-state index is 0.151. The molecule has 22 aliphatic rings. The quantitative estimate of drug-likeness (QED) is 0.0903. The predicted octanol–water partition coefficient (Wildman–Crippen LogP) is -12.3. The first-order chi connectivity index (χ1) is 34.7. The molecule has 0 saturated carbocycles. The minimum atomic E-state index is -2.22. The van der Waals surface area contributed by atoms with Gasteiger partial charge in [-0.25, -0.2) is 0 Å². The second kappa shape index (κ2) is 25.4. The van der Waals surface area contributed by atoms with E-state index in [0.717, 1.165) is 0 Å². The number of aliphatic hydroxyl groups excluding tert-OH is 18. The number of hydrogen-bond donors (Lipinski definition) is 18. The molecule has 22 aliphatic heterocycles. The molecule has 0 spiro atoms. The Labute approximate surface area is 413 Å². The summed E-state index contributed by atoms with van der Waals surface area (Å²) in [6.45, 7) is -4.85. The van der Waals surface area contributed by atoms with E-state index in [4.69, 9.17) is 61.6 Å². The smallest absolute Gasteiger partial charge is 0.306 e. The van der Waals surface area contributed by atoms with E-state index in [2.05, 4.69) is 0 Å². The Hall–Kier alpha value is -1.73. The second-order valence-corrected chi connectivity index (χ2v) is 18.7. The summed E-state index contributed by atoms with van der Waals surface area (Å²) in [4.78, 5) is 13.2. The van der Waals surface area contributed by atoms with Crippen LogP contribution in [0.5, 0.6) is 0 Å². The van der Waals surface area contributed by atoms with Crippen LogP contribution in [0.4, 0.5) is 0 Å². The molecule has 1 unspecified atom stereocenters. The number of ether oxygens (including phenoxy) is 13. The Morgan fingerprint density at radius 1 is 0.356 bits per heavy atom. The Morgan fingerprint density at radius 3 is 0.808 bits per heavy atom. The molecule has 0 aliphatic carbocycles. The van der Waals surface area contributed by atoms with Gasteiger partial charge in [0.25, 0.3) is 0 Å². The Balaban J connectivity index is 1.23. The molecule has 22 fully saturated rings. The molecule has 32 heteroatoms. The van der Waals surface area contributed by atoms with Gasteiger partial charge in [0.15, 0.2) is 43.8 Å². The fourth-order valence-corrected chi connectivity index (χ4v) is 9.58. The summed E-state index contributed by atoms with van der Waals surface area (Å²) in [6, 6.07) is 0. The maximum atomic E-state index is 13.2. The van der Waals surface area contributed by atoms with Crippen molar-refractivity contribution in [1.82, 2.24) is 0 Å². The van der Waals surface area contributed by atoms with Gasteiger partial charge in [-0.1, -0.05) is 0 Å². The maximum Gasteiger partial charge on any atom is 0.306 e. The SMILES string of the molecule is CC(O)CCC(=O)O[C@@H]1[C@@H](O)[C@H]2O[C@H]3[C@H](O)[C@@H](O)[C@@H](O[C@H]4[C@H](O)[C@@H](O)[C@@H](O[C@H]5[C@H](O)[C@@H](O)[C@@H](O[C@H]6[C@H](O)[C@@H](O)[C@@H](O[C@H]7[C@H](O)[C@@H](O)[C@@H](O[C@H]1[C@@H](CO)O2)O[C@@H]7CO)O[C@@H]6CO)O[C@@H]5CO)O[C@@H]4CO)O[C@@H]3CO. The first-order valence-electron chi connectivity index (χ1n) is 23.6. The fraction of sp³-hybridized carbons (Fsp3) is 0.976. The van der Waals surface area contributed by atoms with Gasteiger partial charge < -0.3 is 153 Å². The third-order valence-corrected chi connectivity index (χ3v) is 13.7. The molecule has 22 rings (SSSR count). The average Bonchev–Trinajstić information content (AvgIpc) is 3.37. The van der Waals surface area contributed by atoms with E-state index in [1.807, 2.05) is 0 Å². The predicted molar refractivity (Wildman–Crippen MR) is 221 cm³/mol. The molecular weight excluding hydrogens is 1000 g/mol. The summed E-state index contributed by atoms with van der Waals surface area (Å²) in [6.07, 6.45) is -61.4. The van der Waals surface area contributed by atoms with Crippen molar-refractivity contribution >= 4 is 5.97 Å². The van der Waals surface area contributed by atoms with Gasteiger partial charge >= 0.3 is 5.97 Å². The van der Waals surface area contributed by atoms with Gasteiger partial charge in [-0.05, 0) is 13.3 Å². The summed E-state index contributed by atoms with van der Waals surface area (Å²) in [5.74, 6) is -1.08. The number of carbonyl (C=O) groups excluding carboxylic acids is 1. The average molecular weight is 1070 g/mol. The largest absolute Gasteiger partial charge is 0.456 e. The molecule has 0 aromatic carbocycles. The molecule has 0 aromatic heterocycles. The molecule has 22 heterocycles. The summed E-state index contributed by atoms with van der Waals surface area (Å²) in [7, 11) is 0. The highest BCUT2D eigenvalue weighted by Crippen LogP contribution is 2.38. The topological polar surface area (TPSA) is 501 Å². The molecule has 12 bridgehead atoms. The van der Waals surface area contributed by atoms with Crippen LogP contribution >= 0.6 is 0 Å². The van der Waals surface area contributed by atoms with Crippen LogP contribution < -0.4 is 0 Å². The number of rotatable bonds is 10. The fourth-order valence-electron chi connectivity index (χ4n) is 9.58. The van der Waals surface area contributed by atoms with Gasteiger partial charge in [0.05, 0.1) is 45.7 Å². The van der Waals surface area contributed by atoms with Crippen molar-refractivity contribution in [3.63, 3.8) is 0 Å². The standard InChI is InChI=1S/C41H68O32/c1-10(48)2-3-17(49)67-35-28(60)41-66-16(9-47)34(35)73-40-27(59)22(54)32(14(7-45)65-40)71-38-25(57)20(52)30(12(5-43)63-38)69-36-23(55)18(50)29(11(4-42)61-36)68-37-24(56)19(51)31(13(6-44)62-37)70-39-26(58)21(53)33(72-41)15(8-46)64-39/h10-16,18-48,50-60H,2-9H2,1H3/t10?,11-,12-,13-,14-,15-,16-,18-,19-,20-,21-,22-,23-,24-,25-,26-,27-,28-,29-,30-,31-,32-,33-,34+,35-,36-,37-,38-,39-,40-,41-/m1/s1. The highest BCUT2D eigenvalue weighted by atomic mass is 16.8. The van der Waals surface area contributed by atoms with Gasteiger partial charge in [0.2, 0.25) is 0 Å². The van der Waals surface area contributed by atoms with Crippen LogP contribution in [0.25, 0.3) is 0 Å². The lowest BCUT2D eigenvalue weighted by atomic mass is 9.94. The lowest BCUT2D eigenvalue weighted by Gasteiger charge is -2.51. The Morgan fingerprint density at radius 2 is 0.575 bits per heavy atom. The molecule has 0 radical (unpaired) electrons. The van der Waals surface area contributed by atoms with E-state index in [-0.39, 0.29) is 6.42 Å². The van der Waals surface area contributed by atoms with Crippen LogP contribution in [0, 0.1) is 0 Å². The van der Waals surface area contributed by atoms with E-state index in [9.17, 15) is 96.7 Å². The lowest BCUT2D eigenvalue weighted by molar-refractivity contribution is -0.404. The molecule has 0 aromatic rings. The van der Waals surface area contributed by atoms with Crippen molar-refractivity contribution in [2.24, 2.45) is 0 Å². The molecule has 32 nitrogen and oxygen atoms in total. The number of carbonyl (C=O) groups is 1. The second-order valence-electron chi connectivity index (χ2n) is 18.7. The van der Waals surface area contributed by atoms with E-state index in [0.29, 0.717) is 0 Å². The van der Waals surface area contributed by atoms with Crippen LogP contribution in [0.1, 0.15) is 19.8 Å². The molecule has 31 atom stereocenters. The highest BCUT2D eigenvalue weighted by molar-refractivity contribution is 5.69. The molecule has 18 N–H and O–H groups in total. The number of aliphatic hydroxyl groups is 18. The number of esters is 1. The van der Waals surface area contributed by atoms with Crippen molar-refractivity contribution in [2.75, 3.05) is 39.6 Å². The van der Waals surface area contributed by atoms with Crippen molar-refractivity contribution in [2.45, 2.75) is 210 Å². The molecular formula is C41H68O32. The van der Waals surface area contributed by atoms with Crippen molar-refractivity contribution < 1.29 is 158 Å². The van der Waals surface area contributed by atoms with E-state index in [1.54, 1.807) is 0 Å². The van der Waals surface area contributed by atoms with Crippen LogP contribution in [0.15, 0.2) is 0 Å². The molecule has 0 amide bonds. The molecule has 424 valence electrons. The Kier molecular flexibility index (Phi) is 20.5. The normalized spacial score (nSPS) is 51.5. The third-order valence-electron chi connectivity index (χ3n) is 13.7. The van der Waals surface area contributed by atoms with E-state index in [1.165, 1.54) is 6.92 Å². The zero-order chi connectivity index (χ0) is 53.3. The van der Waals surface area contributed by atoms with Crippen molar-refractivity contribution in [1.29, 1.82) is 0 Å². The van der Waals surface area contributed by atoms with Crippen LogP contribution in [0.2, 0.25) is 0 Å². The third kappa shape index (κ3) is 12.3. The van der Waals surface area contributed by atoms with Crippen molar-refractivity contribution in [3.05, 3.63) is 0 Å². The lowest BCUT2D eigenvalue weighted by Crippen LogP contribution is -2.69. The summed E-state index contributed by atoms with van der Waals surface area (Å²) < 4.78 is 74.4. The maximum absolute atomic E-state index is 13.2. The van der Waals surface area contributed by atoms with Gasteiger partial charge in [0.1, 0.15) is 140 Å². The minimum Gasteiger partial charge on any atom is -0.456 e. The van der Waals surface area contributed by atoms with Gasteiger partial charge in [-0.3, -0.25) is 4.79 Å². The first kappa shape index (κ1) is 58.9. The van der Waals surface area contributed by atoms with Crippen LogP contribution in [0.3, 0.4) is 0 Å². The highest BCUT2D eigenvalue weighted by Gasteiger charge is 2.59. The zero-order valence-electron chi connectivity index (χ0n) is 38.8. The Bertz CT molecular complexity index is 1710. The van der Waals surface area contributed by atoms with Gasteiger partial charge in [-0.15, -0.1) is 0 Å². The summed E-state index contributed by atoms with van der Waals surface area (Å²) in [5, 5.41) is 197. The molecule has 73 heavy (non-hydrogen) atoms. The zero-order valence-corrected chi connectivity index (χ0v) is 38.8. The van der Waals surface area contributed by atoms with Gasteiger partial charge in [-0.2, -0.15) is 0 Å². The monoisotopic (exact) mass is 1070 g/mol.